The molecule has 0 radical (unpaired) electrons. The summed E-state index contributed by atoms with van der Waals surface area (Å²) in [5.74, 6) is 1.90. The predicted molar refractivity (Wildman–Crippen MR) is 72.0 cm³/mol. The number of benzene rings is 1. The van der Waals surface area contributed by atoms with Crippen molar-refractivity contribution in [2.75, 3.05) is 0 Å². The zero-order chi connectivity index (χ0) is 12.5. The van der Waals surface area contributed by atoms with Gasteiger partial charge in [0.15, 0.2) is 0 Å². The van der Waals surface area contributed by atoms with Crippen molar-refractivity contribution >= 4 is 0 Å². The first kappa shape index (κ1) is 11.8. The van der Waals surface area contributed by atoms with E-state index in [-0.39, 0.29) is 5.41 Å². The van der Waals surface area contributed by atoms with E-state index in [1.54, 1.807) is 0 Å². The van der Waals surface area contributed by atoms with E-state index in [4.69, 9.17) is 4.42 Å². The molecule has 0 fully saturated rings. The molecule has 0 saturated heterocycles. The van der Waals surface area contributed by atoms with Gasteiger partial charge in [0, 0.05) is 12.1 Å². The third kappa shape index (κ3) is 2.73. The van der Waals surface area contributed by atoms with Crippen LogP contribution in [0, 0.1) is 6.92 Å². The maximum Gasteiger partial charge on any atom is 0.360 e. The molecule has 1 heteroatoms. The van der Waals surface area contributed by atoms with Gasteiger partial charge in [0.1, 0.15) is 0 Å². The third-order valence-corrected chi connectivity index (χ3v) is 2.84. The second-order valence-electron chi connectivity index (χ2n) is 5.44. The molecule has 0 spiro atoms. The van der Waals surface area contributed by atoms with E-state index in [1.165, 1.54) is 5.56 Å². The van der Waals surface area contributed by atoms with Crippen molar-refractivity contribution < 1.29 is 4.42 Å². The molecule has 1 aromatic carbocycles. The maximum atomic E-state index is 5.80. The van der Waals surface area contributed by atoms with E-state index in [9.17, 15) is 0 Å². The minimum absolute atomic E-state index is 0.144. The van der Waals surface area contributed by atoms with Crippen LogP contribution in [0.1, 0.15) is 32.1 Å². The Balaban J connectivity index is 2.54. The van der Waals surface area contributed by atoms with E-state index < -0.39 is 0 Å². The quantitative estimate of drug-likeness (QED) is 0.635. The van der Waals surface area contributed by atoms with Gasteiger partial charge in [0.2, 0.25) is 0 Å². The van der Waals surface area contributed by atoms with Gasteiger partial charge in [-0.15, -0.1) is 0 Å². The number of hydrogen-bond donors (Lipinski definition) is 0. The summed E-state index contributed by atoms with van der Waals surface area (Å²) in [5, 5.41) is 0. The molecule has 0 unspecified atom stereocenters. The summed E-state index contributed by atoms with van der Waals surface area (Å²) in [5.41, 5.74) is 2.58. The Morgan fingerprint density at radius 2 is 1.59 bits per heavy atom. The monoisotopic (exact) mass is 227 g/mol. The lowest BCUT2D eigenvalue weighted by Gasteiger charge is -2.17. The molecule has 0 aliphatic rings. The SMILES string of the molecule is Cc1cc(C(C)(C)C)cc(-c2ccccc2)[o+]1. The van der Waals surface area contributed by atoms with Crippen molar-refractivity contribution in [2.24, 2.45) is 0 Å². The van der Waals surface area contributed by atoms with Crippen LogP contribution in [0.4, 0.5) is 0 Å². The van der Waals surface area contributed by atoms with Crippen LogP contribution < -0.4 is 0 Å². The van der Waals surface area contributed by atoms with Crippen LogP contribution >= 0.6 is 0 Å². The van der Waals surface area contributed by atoms with Crippen LogP contribution in [0.2, 0.25) is 0 Å². The summed E-state index contributed by atoms with van der Waals surface area (Å²) in [7, 11) is 0. The zero-order valence-electron chi connectivity index (χ0n) is 10.9. The molecule has 0 bridgehead atoms. The largest absolute Gasteiger partial charge is 0.360 e. The molecule has 0 amide bonds. The Labute approximate surface area is 103 Å². The zero-order valence-corrected chi connectivity index (χ0v) is 10.9. The molecule has 2 rings (SSSR count). The van der Waals surface area contributed by atoms with Gasteiger partial charge >= 0.3 is 11.5 Å². The molecule has 2 aromatic rings. The van der Waals surface area contributed by atoms with Crippen molar-refractivity contribution in [3.63, 3.8) is 0 Å². The fourth-order valence-electron chi connectivity index (χ4n) is 1.81. The highest BCUT2D eigenvalue weighted by molar-refractivity contribution is 5.58. The van der Waals surface area contributed by atoms with Gasteiger partial charge in [-0.25, -0.2) is 4.42 Å². The minimum atomic E-state index is 0.144. The van der Waals surface area contributed by atoms with Crippen molar-refractivity contribution in [1.82, 2.24) is 0 Å². The van der Waals surface area contributed by atoms with Crippen LogP contribution in [-0.4, -0.2) is 0 Å². The fourth-order valence-corrected chi connectivity index (χ4v) is 1.81. The predicted octanol–water partition coefficient (Wildman–Crippen LogP) is 4.83. The third-order valence-electron chi connectivity index (χ3n) is 2.84. The van der Waals surface area contributed by atoms with Crippen LogP contribution in [0.3, 0.4) is 0 Å². The van der Waals surface area contributed by atoms with Crippen molar-refractivity contribution in [3.05, 3.63) is 53.8 Å². The summed E-state index contributed by atoms with van der Waals surface area (Å²) >= 11 is 0. The minimum Gasteiger partial charge on any atom is -0.213 e. The molecular formula is C16H19O+. The van der Waals surface area contributed by atoms with Crippen LogP contribution in [0.15, 0.2) is 46.9 Å². The second-order valence-corrected chi connectivity index (χ2v) is 5.44. The Kier molecular flexibility index (Phi) is 3.01. The van der Waals surface area contributed by atoms with Gasteiger partial charge in [-0.05, 0) is 23.1 Å². The highest BCUT2D eigenvalue weighted by Crippen LogP contribution is 2.28. The highest BCUT2D eigenvalue weighted by atomic mass is 16.3. The lowest BCUT2D eigenvalue weighted by molar-refractivity contribution is 0.513. The van der Waals surface area contributed by atoms with Crippen LogP contribution in [0.25, 0.3) is 11.3 Å². The van der Waals surface area contributed by atoms with E-state index in [0.29, 0.717) is 0 Å². The molecule has 0 N–H and O–H groups in total. The molecule has 0 atom stereocenters. The first-order valence-corrected chi connectivity index (χ1v) is 5.97. The second kappa shape index (κ2) is 4.33. The summed E-state index contributed by atoms with van der Waals surface area (Å²) in [6.45, 7) is 8.66. The Morgan fingerprint density at radius 3 is 2.18 bits per heavy atom. The normalized spacial score (nSPS) is 11.5. The van der Waals surface area contributed by atoms with E-state index >= 15 is 0 Å². The first-order chi connectivity index (χ1) is 7.97. The Bertz CT molecular complexity index is 507. The summed E-state index contributed by atoms with van der Waals surface area (Å²) in [6, 6.07) is 14.5. The van der Waals surface area contributed by atoms with E-state index in [0.717, 1.165) is 17.1 Å². The molecule has 17 heavy (non-hydrogen) atoms. The number of rotatable bonds is 1. The molecule has 88 valence electrons. The fraction of sp³-hybridized carbons (Fsp3) is 0.312. The Morgan fingerprint density at radius 1 is 0.941 bits per heavy atom. The highest BCUT2D eigenvalue weighted by Gasteiger charge is 2.21. The van der Waals surface area contributed by atoms with Gasteiger partial charge < -0.3 is 0 Å². The van der Waals surface area contributed by atoms with Gasteiger partial charge in [-0.2, -0.15) is 0 Å². The average molecular weight is 227 g/mol. The Hall–Kier alpha value is -1.63. The van der Waals surface area contributed by atoms with Crippen molar-refractivity contribution in [3.8, 4) is 11.3 Å². The lowest BCUT2D eigenvalue weighted by atomic mass is 9.87. The van der Waals surface area contributed by atoms with Gasteiger partial charge in [-0.3, -0.25) is 0 Å². The summed E-state index contributed by atoms with van der Waals surface area (Å²) < 4.78 is 5.80. The number of hydrogen-bond acceptors (Lipinski definition) is 0. The maximum absolute atomic E-state index is 5.80. The van der Waals surface area contributed by atoms with E-state index in [1.807, 2.05) is 25.1 Å². The van der Waals surface area contributed by atoms with Crippen LogP contribution in [0.5, 0.6) is 0 Å². The van der Waals surface area contributed by atoms with Crippen LogP contribution in [-0.2, 0) is 5.41 Å². The smallest absolute Gasteiger partial charge is 0.213 e. The lowest BCUT2D eigenvalue weighted by Crippen LogP contribution is -2.11. The molecule has 0 aliphatic carbocycles. The molecule has 1 aromatic heterocycles. The average Bonchev–Trinajstić information content (AvgIpc) is 2.28. The van der Waals surface area contributed by atoms with Gasteiger partial charge in [-0.1, -0.05) is 39.0 Å². The topological polar surface area (TPSA) is 11.3 Å². The number of aryl methyl sites for hydroxylation is 1. The first-order valence-electron chi connectivity index (χ1n) is 5.97. The van der Waals surface area contributed by atoms with E-state index in [2.05, 4.69) is 45.0 Å². The standard InChI is InChI=1S/C16H19O/c1-12-10-14(16(2,3)4)11-15(17-12)13-8-6-5-7-9-13/h5-11H,1-4H3/q+1. The molecule has 0 saturated carbocycles. The van der Waals surface area contributed by atoms with Gasteiger partial charge in [0.05, 0.1) is 12.5 Å². The van der Waals surface area contributed by atoms with Gasteiger partial charge in [0.25, 0.3) is 0 Å². The molecule has 1 heterocycles. The molecular weight excluding hydrogens is 208 g/mol. The van der Waals surface area contributed by atoms with Crippen molar-refractivity contribution in [2.45, 2.75) is 33.1 Å². The summed E-state index contributed by atoms with van der Waals surface area (Å²) in [6.07, 6.45) is 0. The van der Waals surface area contributed by atoms with Crippen molar-refractivity contribution in [1.29, 1.82) is 0 Å². The molecule has 1 nitrogen and oxygen atoms in total. The molecule has 0 aliphatic heterocycles. The summed E-state index contributed by atoms with van der Waals surface area (Å²) in [4.78, 5) is 0.